The average Bonchev–Trinajstić information content (AvgIpc) is 2.70. The molecule has 0 aliphatic heterocycles. The number of phenolic OH excluding ortho intramolecular Hbond substituents is 1. The van der Waals surface area contributed by atoms with Gasteiger partial charge in [0.15, 0.2) is 0 Å². The molecule has 0 aromatic heterocycles. The molecule has 0 aliphatic rings. The predicted octanol–water partition coefficient (Wildman–Crippen LogP) is 4.17. The first-order valence-corrected chi connectivity index (χ1v) is 9.10. The van der Waals surface area contributed by atoms with E-state index >= 15 is 0 Å². The van der Waals surface area contributed by atoms with E-state index < -0.39 is 5.91 Å². The highest BCUT2D eigenvalue weighted by atomic mass is 79.9. The van der Waals surface area contributed by atoms with Crippen LogP contribution in [0.1, 0.15) is 26.3 Å². The summed E-state index contributed by atoms with van der Waals surface area (Å²) in [4.78, 5) is 24.3. The number of benzene rings is 3. The lowest BCUT2D eigenvalue weighted by molar-refractivity contribution is 0.0954. The molecular weight excluding hydrogens is 422 g/mol. The number of para-hydroxylation sites is 1. The van der Waals surface area contributed by atoms with Gasteiger partial charge >= 0.3 is 0 Å². The molecule has 0 bridgehead atoms. The van der Waals surface area contributed by atoms with Crippen molar-refractivity contribution in [2.75, 3.05) is 5.32 Å². The summed E-state index contributed by atoms with van der Waals surface area (Å²) in [7, 11) is 0. The average molecular weight is 438 g/mol. The van der Waals surface area contributed by atoms with Crippen LogP contribution in [-0.4, -0.2) is 23.1 Å². The smallest absolute Gasteiger partial charge is 0.271 e. The third-order valence-electron chi connectivity index (χ3n) is 3.82. The van der Waals surface area contributed by atoms with Crippen LogP contribution in [0.5, 0.6) is 5.75 Å². The molecule has 3 rings (SSSR count). The van der Waals surface area contributed by atoms with Crippen molar-refractivity contribution in [3.8, 4) is 5.75 Å². The highest BCUT2D eigenvalue weighted by Crippen LogP contribution is 2.15. The number of aromatic hydroxyl groups is 1. The van der Waals surface area contributed by atoms with Crippen molar-refractivity contribution in [3.63, 3.8) is 0 Å². The molecule has 0 aliphatic carbocycles. The van der Waals surface area contributed by atoms with Gasteiger partial charge in [0.25, 0.3) is 11.8 Å². The Bertz CT molecular complexity index is 1020. The fourth-order valence-corrected chi connectivity index (χ4v) is 2.60. The Balaban J connectivity index is 1.59. The number of nitrogens with one attached hydrogen (secondary N) is 2. The van der Waals surface area contributed by atoms with Crippen molar-refractivity contribution in [1.82, 2.24) is 5.43 Å². The fraction of sp³-hybridized carbons (Fsp3) is 0. The lowest BCUT2D eigenvalue weighted by Gasteiger charge is -2.06. The minimum atomic E-state index is -0.405. The van der Waals surface area contributed by atoms with Gasteiger partial charge in [0, 0.05) is 26.9 Å². The standard InChI is InChI=1S/C21H16BrN3O3/c22-17-9-5-14(6-10-17)20(27)24-18-11-7-15(8-12-18)21(28)25-23-13-16-3-1-2-4-19(16)26/h1-13,26H,(H,24,27)(H,25,28)/b23-13-. The third-order valence-corrected chi connectivity index (χ3v) is 4.35. The zero-order chi connectivity index (χ0) is 19.9. The number of rotatable bonds is 5. The summed E-state index contributed by atoms with van der Waals surface area (Å²) in [6, 6.07) is 20.1. The molecular formula is C21H16BrN3O3. The van der Waals surface area contributed by atoms with Gasteiger partial charge in [0.1, 0.15) is 5.75 Å². The van der Waals surface area contributed by atoms with Gasteiger partial charge in [-0.2, -0.15) is 5.10 Å². The summed E-state index contributed by atoms with van der Waals surface area (Å²) in [6.07, 6.45) is 1.36. The number of hydrazone groups is 1. The van der Waals surface area contributed by atoms with Gasteiger partial charge in [0.05, 0.1) is 6.21 Å². The Hall–Kier alpha value is -3.45. The summed E-state index contributed by atoms with van der Waals surface area (Å²) < 4.78 is 0.893. The van der Waals surface area contributed by atoms with Gasteiger partial charge in [0.2, 0.25) is 0 Å². The lowest BCUT2D eigenvalue weighted by atomic mass is 10.1. The van der Waals surface area contributed by atoms with Crippen molar-refractivity contribution >= 4 is 39.6 Å². The molecule has 0 unspecified atom stereocenters. The number of nitrogens with zero attached hydrogens (tertiary/aromatic N) is 1. The van der Waals surface area contributed by atoms with Gasteiger partial charge in [-0.15, -0.1) is 0 Å². The second-order valence-electron chi connectivity index (χ2n) is 5.80. The quantitative estimate of drug-likeness (QED) is 0.413. The molecule has 3 aromatic rings. The van der Waals surface area contributed by atoms with E-state index in [0.717, 1.165) is 4.47 Å². The van der Waals surface area contributed by atoms with E-state index in [-0.39, 0.29) is 11.7 Å². The Kier molecular flexibility index (Phi) is 6.18. The van der Waals surface area contributed by atoms with Gasteiger partial charge in [-0.25, -0.2) is 5.43 Å². The molecule has 0 saturated heterocycles. The number of carbonyl (C=O) groups is 2. The molecule has 3 aromatic carbocycles. The summed E-state index contributed by atoms with van der Waals surface area (Å²) in [6.45, 7) is 0. The number of halogens is 1. The lowest BCUT2D eigenvalue weighted by Crippen LogP contribution is -2.17. The van der Waals surface area contributed by atoms with Gasteiger partial charge in [-0.05, 0) is 60.7 Å². The molecule has 0 saturated carbocycles. The number of hydrogen-bond acceptors (Lipinski definition) is 4. The molecule has 2 amide bonds. The maximum atomic E-state index is 12.2. The Morgan fingerprint density at radius 2 is 1.46 bits per heavy atom. The zero-order valence-electron chi connectivity index (χ0n) is 14.6. The molecule has 28 heavy (non-hydrogen) atoms. The van der Waals surface area contributed by atoms with Crippen LogP contribution in [0.4, 0.5) is 5.69 Å². The monoisotopic (exact) mass is 437 g/mol. The van der Waals surface area contributed by atoms with Crippen molar-refractivity contribution in [2.24, 2.45) is 5.10 Å². The maximum absolute atomic E-state index is 12.2. The minimum absolute atomic E-state index is 0.0753. The summed E-state index contributed by atoms with van der Waals surface area (Å²) in [5.41, 5.74) is 4.38. The van der Waals surface area contributed by atoms with Crippen LogP contribution in [-0.2, 0) is 0 Å². The number of phenols is 1. The molecule has 140 valence electrons. The number of amides is 2. The number of carbonyl (C=O) groups excluding carboxylic acids is 2. The van der Waals surface area contributed by atoms with E-state index in [1.54, 1.807) is 66.7 Å². The van der Waals surface area contributed by atoms with E-state index in [4.69, 9.17) is 0 Å². The first-order valence-electron chi connectivity index (χ1n) is 8.31. The molecule has 0 fully saturated rings. The highest BCUT2D eigenvalue weighted by molar-refractivity contribution is 9.10. The second-order valence-corrected chi connectivity index (χ2v) is 6.71. The molecule has 7 heteroatoms. The summed E-state index contributed by atoms with van der Waals surface area (Å²) in [5, 5.41) is 16.3. The molecule has 0 spiro atoms. The van der Waals surface area contributed by atoms with Crippen LogP contribution in [0.15, 0.2) is 82.4 Å². The molecule has 3 N–H and O–H groups in total. The summed E-state index contributed by atoms with van der Waals surface area (Å²) >= 11 is 3.33. The van der Waals surface area contributed by atoms with Crippen LogP contribution in [0.25, 0.3) is 0 Å². The van der Waals surface area contributed by atoms with Crippen molar-refractivity contribution in [1.29, 1.82) is 0 Å². The van der Waals surface area contributed by atoms with E-state index in [1.807, 2.05) is 0 Å². The normalized spacial score (nSPS) is 10.6. The van der Waals surface area contributed by atoms with Crippen molar-refractivity contribution in [3.05, 3.63) is 94.0 Å². The Morgan fingerprint density at radius 3 is 2.14 bits per heavy atom. The largest absolute Gasteiger partial charge is 0.507 e. The molecule has 0 heterocycles. The molecule has 0 atom stereocenters. The molecule has 6 nitrogen and oxygen atoms in total. The number of anilines is 1. The van der Waals surface area contributed by atoms with Crippen LogP contribution < -0.4 is 10.7 Å². The number of hydrogen-bond donors (Lipinski definition) is 3. The first-order chi connectivity index (χ1) is 13.5. The van der Waals surface area contributed by atoms with Gasteiger partial charge in [-0.1, -0.05) is 28.1 Å². The molecule has 0 radical (unpaired) electrons. The van der Waals surface area contributed by atoms with Gasteiger partial charge in [-0.3, -0.25) is 9.59 Å². The predicted molar refractivity (Wildman–Crippen MR) is 112 cm³/mol. The Morgan fingerprint density at radius 1 is 0.857 bits per heavy atom. The van der Waals surface area contributed by atoms with Crippen molar-refractivity contribution in [2.45, 2.75) is 0 Å². The first kappa shape index (κ1) is 19.3. The summed E-state index contributed by atoms with van der Waals surface area (Å²) in [5.74, 6) is -0.569. The SMILES string of the molecule is O=C(N/N=C\c1ccccc1O)c1ccc(NC(=O)c2ccc(Br)cc2)cc1. The minimum Gasteiger partial charge on any atom is -0.507 e. The van der Waals surface area contributed by atoms with Crippen molar-refractivity contribution < 1.29 is 14.7 Å². The van der Waals surface area contributed by atoms with E-state index in [2.05, 4.69) is 31.8 Å². The maximum Gasteiger partial charge on any atom is 0.271 e. The fourth-order valence-electron chi connectivity index (χ4n) is 2.33. The van der Waals surface area contributed by atoms with Crippen LogP contribution in [0.2, 0.25) is 0 Å². The van der Waals surface area contributed by atoms with Crippen LogP contribution >= 0.6 is 15.9 Å². The third kappa shape index (κ3) is 5.05. The van der Waals surface area contributed by atoms with E-state index in [9.17, 15) is 14.7 Å². The second kappa shape index (κ2) is 8.96. The Labute approximate surface area is 170 Å². The van der Waals surface area contributed by atoms with Gasteiger partial charge < -0.3 is 10.4 Å². The zero-order valence-corrected chi connectivity index (χ0v) is 16.2. The van der Waals surface area contributed by atoms with E-state index in [0.29, 0.717) is 22.4 Å². The van der Waals surface area contributed by atoms with Crippen LogP contribution in [0.3, 0.4) is 0 Å². The van der Waals surface area contributed by atoms with E-state index in [1.165, 1.54) is 12.3 Å². The van der Waals surface area contributed by atoms with Crippen LogP contribution in [0, 0.1) is 0 Å². The highest BCUT2D eigenvalue weighted by Gasteiger charge is 2.08. The topological polar surface area (TPSA) is 90.8 Å².